The molecule has 29 heteroatoms. The molecule has 5 aromatic carbocycles. The third kappa shape index (κ3) is 13.7. The molecule has 0 radical (unpaired) electrons. The zero-order valence-corrected chi connectivity index (χ0v) is 36.4. The summed E-state index contributed by atoms with van der Waals surface area (Å²) in [6.07, 6.45) is -49.6. The molecule has 0 unspecified atom stereocenters. The summed E-state index contributed by atoms with van der Waals surface area (Å²) in [6, 6.07) is 2.37. The van der Waals surface area contributed by atoms with Crippen molar-refractivity contribution in [2.24, 2.45) is 0 Å². The van der Waals surface area contributed by atoms with Crippen molar-refractivity contribution < 1.29 is 115 Å². The number of hydrogen-bond acceptors (Lipinski definition) is 3. The number of carbonyl (C=O) groups is 1. The van der Waals surface area contributed by atoms with Gasteiger partial charge in [-0.05, 0) is 24.3 Å². The van der Waals surface area contributed by atoms with Crippen LogP contribution in [-0.2, 0) is 62.4 Å². The lowest BCUT2D eigenvalue weighted by molar-refractivity contribution is -0.690. The van der Waals surface area contributed by atoms with E-state index in [1.165, 1.54) is 0 Å². The van der Waals surface area contributed by atoms with E-state index in [0.29, 0.717) is 5.56 Å². The summed E-state index contributed by atoms with van der Waals surface area (Å²) in [4.78, 5) is 16.0. The summed E-state index contributed by atoms with van der Waals surface area (Å²) >= 11 is 0. The maximum Gasteiger partial charge on any atom is 0.416 e. The Labute approximate surface area is 404 Å². The number of aromatic nitrogens is 2. The average Bonchev–Trinajstić information content (AvgIpc) is 3.28. The Bertz CT molecular complexity index is 2650. The molecule has 0 fully saturated rings. The number of Topliss-reactive ketones (excluding diaryl/α,β-unsaturated/α-hetero) is 1. The number of carbonyl (C=O) groups excluding carboxylic acids is 1. The van der Waals surface area contributed by atoms with Crippen LogP contribution in [0.3, 0.4) is 0 Å². The van der Waals surface area contributed by atoms with Gasteiger partial charge < -0.3 is 0 Å². The molecule has 6 aromatic rings. The maximum atomic E-state index is 14.2. The summed E-state index contributed by atoms with van der Waals surface area (Å²) in [5, 5.41) is 8.72. The van der Waals surface area contributed by atoms with Crippen molar-refractivity contribution in [1.29, 1.82) is 5.26 Å². The Morgan fingerprint density at radius 1 is 0.440 bits per heavy atom. The number of alkyl halides is 24. The molecule has 4 nitrogen and oxygen atoms in total. The van der Waals surface area contributed by atoms with Crippen molar-refractivity contribution >= 4 is 33.8 Å². The molecule has 6 rings (SSSR count). The van der Waals surface area contributed by atoms with E-state index < -0.39 is 195 Å². The predicted octanol–water partition coefficient (Wildman–Crippen LogP) is 12.5. The molecular formula is C46H24BF24N3O. The first kappa shape index (κ1) is 58.6. The minimum absolute atomic E-state index is 0.0194. The zero-order valence-electron chi connectivity index (χ0n) is 36.4. The SMILES string of the molecule is FC(F)(F)c1cc([B-](c2cc(C(F)(F)F)cc(C(F)(F)F)c2)(c2cc(C(F)(F)F)cc(C(F)(F)F)c2)c2cc(C(F)(F)F)cc(C(F)(F)F)c2)cc(C(F)(F)F)c1.N#CCc1cncc[n+]1CC(=O)c1ccccc1. The van der Waals surface area contributed by atoms with Crippen LogP contribution in [0.1, 0.15) is 60.6 Å². The Hall–Kier alpha value is -7.28. The van der Waals surface area contributed by atoms with Gasteiger partial charge in [0.15, 0.2) is 6.20 Å². The van der Waals surface area contributed by atoms with Gasteiger partial charge in [0, 0.05) is 5.56 Å². The van der Waals surface area contributed by atoms with Gasteiger partial charge in [0.05, 0.1) is 63.0 Å². The molecule has 0 N–H and O–H groups in total. The fourth-order valence-corrected chi connectivity index (χ4v) is 7.74. The Morgan fingerprint density at radius 3 is 0.947 bits per heavy atom. The number of rotatable bonds is 8. The molecule has 0 bridgehead atoms. The van der Waals surface area contributed by atoms with Crippen LogP contribution < -0.4 is 26.4 Å². The minimum Gasteiger partial charge on any atom is -0.287 e. The largest absolute Gasteiger partial charge is 0.416 e. The van der Waals surface area contributed by atoms with E-state index in [1.54, 1.807) is 35.3 Å². The molecule has 1 heterocycles. The van der Waals surface area contributed by atoms with Gasteiger partial charge in [-0.1, -0.05) is 78.9 Å². The van der Waals surface area contributed by atoms with E-state index in [4.69, 9.17) is 5.26 Å². The van der Waals surface area contributed by atoms with Gasteiger partial charge >= 0.3 is 49.4 Å². The van der Waals surface area contributed by atoms with E-state index in [-0.39, 0.29) is 18.7 Å². The highest BCUT2D eigenvalue weighted by Gasteiger charge is 2.47. The summed E-state index contributed by atoms with van der Waals surface area (Å²) in [5.41, 5.74) is -28.8. The molecular weight excluding hydrogens is 1080 g/mol. The molecule has 0 saturated carbocycles. The first-order valence-corrected chi connectivity index (χ1v) is 20.2. The molecule has 400 valence electrons. The number of hydrogen-bond donors (Lipinski definition) is 0. The van der Waals surface area contributed by atoms with Crippen LogP contribution in [0.15, 0.2) is 122 Å². The van der Waals surface area contributed by atoms with E-state index in [2.05, 4.69) is 11.1 Å². The maximum absolute atomic E-state index is 14.2. The smallest absolute Gasteiger partial charge is 0.287 e. The molecule has 0 saturated heterocycles. The predicted molar refractivity (Wildman–Crippen MR) is 215 cm³/mol. The summed E-state index contributed by atoms with van der Waals surface area (Å²) in [5.74, 6) is 0.0194. The van der Waals surface area contributed by atoms with Crippen LogP contribution in [-0.4, -0.2) is 16.9 Å². The summed E-state index contributed by atoms with van der Waals surface area (Å²) in [7, 11) is 0. The molecule has 0 amide bonds. The fourth-order valence-electron chi connectivity index (χ4n) is 7.74. The van der Waals surface area contributed by atoms with E-state index in [1.807, 2.05) is 18.2 Å². The molecule has 0 aliphatic rings. The number of halogens is 24. The molecule has 0 aliphatic heterocycles. The molecule has 0 spiro atoms. The number of ketones is 1. The van der Waals surface area contributed by atoms with Gasteiger partial charge in [0.1, 0.15) is 12.6 Å². The second kappa shape index (κ2) is 20.4. The molecule has 1 aromatic heterocycles. The first-order valence-electron chi connectivity index (χ1n) is 20.2. The van der Waals surface area contributed by atoms with Gasteiger partial charge in [-0.15, -0.1) is 0 Å². The second-order valence-corrected chi connectivity index (χ2v) is 16.0. The topological polar surface area (TPSA) is 57.6 Å². The fraction of sp³-hybridized carbons (Fsp3) is 0.217. The zero-order chi connectivity index (χ0) is 56.7. The van der Waals surface area contributed by atoms with Crippen LogP contribution in [0.4, 0.5) is 105 Å². The lowest BCUT2D eigenvalue weighted by Gasteiger charge is -2.46. The Kier molecular flexibility index (Phi) is 16.0. The highest BCUT2D eigenvalue weighted by atomic mass is 19.4. The van der Waals surface area contributed by atoms with Crippen molar-refractivity contribution in [2.45, 2.75) is 62.4 Å². The molecule has 75 heavy (non-hydrogen) atoms. The van der Waals surface area contributed by atoms with Crippen molar-refractivity contribution in [3.63, 3.8) is 0 Å². The third-order valence-electron chi connectivity index (χ3n) is 11.0. The molecule has 0 atom stereocenters. The lowest BCUT2D eigenvalue weighted by Crippen LogP contribution is -2.75. The Morgan fingerprint density at radius 2 is 0.707 bits per heavy atom. The third-order valence-corrected chi connectivity index (χ3v) is 11.0. The number of nitrogens with zero attached hydrogens (tertiary/aromatic N) is 3. The van der Waals surface area contributed by atoms with Gasteiger partial charge in [0.2, 0.25) is 18.0 Å². The highest BCUT2D eigenvalue weighted by molar-refractivity contribution is 7.20. The van der Waals surface area contributed by atoms with Crippen LogP contribution in [0, 0.1) is 11.3 Å². The van der Waals surface area contributed by atoms with Gasteiger partial charge in [-0.2, -0.15) is 137 Å². The van der Waals surface area contributed by atoms with Gasteiger partial charge in [-0.3, -0.25) is 9.78 Å². The lowest BCUT2D eigenvalue weighted by atomic mass is 9.12. The van der Waals surface area contributed by atoms with Crippen molar-refractivity contribution in [2.75, 3.05) is 0 Å². The van der Waals surface area contributed by atoms with E-state index in [0.717, 1.165) is 5.69 Å². The molecule has 0 aliphatic carbocycles. The quantitative estimate of drug-likeness (QED) is 0.0660. The second-order valence-electron chi connectivity index (χ2n) is 16.0. The van der Waals surface area contributed by atoms with Gasteiger partial charge in [0.25, 0.3) is 0 Å². The van der Waals surface area contributed by atoms with Crippen LogP contribution in [0.5, 0.6) is 0 Å². The van der Waals surface area contributed by atoms with Crippen LogP contribution >= 0.6 is 0 Å². The average molecular weight is 1100 g/mol. The minimum atomic E-state index is -6.13. The number of nitriles is 1. The van der Waals surface area contributed by atoms with Crippen LogP contribution in [0.2, 0.25) is 0 Å². The Balaban J connectivity index is 0.000000483. The van der Waals surface area contributed by atoms with Gasteiger partial charge in [-0.25, -0.2) is 0 Å². The standard InChI is InChI=1S/C32H12BF24.C14H12N3O/c34-25(35,36)13-1-14(26(37,38)39)6-21(5-13)33(22-7-15(27(40,41)42)2-16(8-22)28(43,44)45,23-9-17(29(46,47)48)3-18(10-23)30(49,50)51)24-11-19(31(52,53)54)4-20(12-24)32(55,56)57;15-7-6-13-10-16-8-9-17(13)11-14(18)12-4-2-1-3-5-12/h1-12H;1-5,8-10H,6,11H2/q-1;+1. The van der Waals surface area contributed by atoms with Crippen LogP contribution in [0.25, 0.3) is 0 Å². The summed E-state index contributed by atoms with van der Waals surface area (Å²) in [6.45, 7) is 0.226. The summed E-state index contributed by atoms with van der Waals surface area (Å²) < 4.78 is 343. The van der Waals surface area contributed by atoms with Crippen molar-refractivity contribution in [3.8, 4) is 6.07 Å². The first-order chi connectivity index (χ1) is 34.1. The number of benzene rings is 5. The van der Waals surface area contributed by atoms with E-state index in [9.17, 15) is 110 Å². The highest BCUT2D eigenvalue weighted by Crippen LogP contribution is 2.41. The van der Waals surface area contributed by atoms with Crippen molar-refractivity contribution in [3.05, 3.63) is 177 Å². The normalized spacial score (nSPS) is 13.2. The van der Waals surface area contributed by atoms with Crippen molar-refractivity contribution in [1.82, 2.24) is 4.98 Å². The van der Waals surface area contributed by atoms with E-state index >= 15 is 0 Å². The monoisotopic (exact) mass is 1100 g/mol.